The van der Waals surface area contributed by atoms with Crippen molar-refractivity contribution >= 4 is 29.5 Å². The normalized spacial score (nSPS) is 16.2. The molecule has 2 unspecified atom stereocenters. The first-order valence-electron chi connectivity index (χ1n) is 9.51. The van der Waals surface area contributed by atoms with Crippen molar-refractivity contribution in [1.82, 2.24) is 0 Å². The van der Waals surface area contributed by atoms with Gasteiger partial charge in [0.2, 0.25) is 5.91 Å². The lowest BCUT2D eigenvalue weighted by Crippen LogP contribution is -2.42. The van der Waals surface area contributed by atoms with Gasteiger partial charge in [0.15, 0.2) is 12.2 Å². The molecule has 10 nitrogen and oxygen atoms in total. The number of nitrogens with zero attached hydrogens (tertiary/aromatic N) is 2. The number of aliphatic carboxylic acids is 2. The molecule has 0 spiro atoms. The van der Waals surface area contributed by atoms with E-state index in [0.717, 1.165) is 11.3 Å². The van der Waals surface area contributed by atoms with Gasteiger partial charge in [-0.1, -0.05) is 13.0 Å². The van der Waals surface area contributed by atoms with Crippen molar-refractivity contribution < 1.29 is 42.5 Å². The second-order valence-electron chi connectivity index (χ2n) is 6.71. The lowest BCUT2D eigenvalue weighted by atomic mass is 9.89. The number of hydrogen-bond acceptors (Lipinski definition) is 5. The molecule has 6 N–H and O–H groups in total. The first-order chi connectivity index (χ1) is 14.8. The number of anilines is 1. The Labute approximate surface area is 181 Å². The topological polar surface area (TPSA) is 169 Å². The Morgan fingerprint density at radius 1 is 1.28 bits per heavy atom. The third-order valence-corrected chi connectivity index (χ3v) is 4.32. The SMILES string of the molecule is CCC(N=C(N)N)Oc1ccc2c(c1)N(CC)C(=O)C(CC(=O)O)C2.O=C(O)C(F)(F)F. The summed E-state index contributed by atoms with van der Waals surface area (Å²) < 4.78 is 37.5. The van der Waals surface area contributed by atoms with Crippen LogP contribution in [0.15, 0.2) is 23.2 Å². The Morgan fingerprint density at radius 2 is 1.88 bits per heavy atom. The fourth-order valence-corrected chi connectivity index (χ4v) is 2.95. The van der Waals surface area contributed by atoms with Crippen molar-refractivity contribution in [3.63, 3.8) is 0 Å². The van der Waals surface area contributed by atoms with E-state index >= 15 is 0 Å². The van der Waals surface area contributed by atoms with Gasteiger partial charge in [0.1, 0.15) is 5.75 Å². The summed E-state index contributed by atoms with van der Waals surface area (Å²) in [6.07, 6.45) is -4.76. The number of guanidine groups is 1. The Morgan fingerprint density at radius 3 is 2.31 bits per heavy atom. The van der Waals surface area contributed by atoms with Gasteiger partial charge in [-0.2, -0.15) is 13.2 Å². The number of ether oxygens (including phenoxy) is 1. The zero-order valence-corrected chi connectivity index (χ0v) is 17.4. The van der Waals surface area contributed by atoms with Crippen LogP contribution in [0.5, 0.6) is 5.75 Å². The minimum Gasteiger partial charge on any atom is -0.481 e. The number of aliphatic imine (C=N–C) groups is 1. The Kier molecular flexibility index (Phi) is 9.29. The maximum absolute atomic E-state index is 12.6. The molecule has 32 heavy (non-hydrogen) atoms. The highest BCUT2D eigenvalue weighted by Crippen LogP contribution is 2.35. The van der Waals surface area contributed by atoms with Crippen LogP contribution in [0.4, 0.5) is 18.9 Å². The van der Waals surface area contributed by atoms with Gasteiger partial charge in [0.25, 0.3) is 0 Å². The van der Waals surface area contributed by atoms with Crippen molar-refractivity contribution in [2.24, 2.45) is 22.4 Å². The van der Waals surface area contributed by atoms with Crippen molar-refractivity contribution in [2.45, 2.75) is 45.5 Å². The summed E-state index contributed by atoms with van der Waals surface area (Å²) in [6, 6.07) is 5.42. The molecule has 13 heteroatoms. The standard InChI is InChI=1S/C17H24N4O4.C2HF3O2/c1-3-14(20-17(18)19)25-12-6-5-10-7-11(8-15(22)23)16(24)21(4-2)13(10)9-12;3-2(4,5)1(6)7/h5-6,9,11,14H,3-4,7-8H2,1-2H3,(H,22,23)(H4,18,19,20);(H,6,7). The second kappa shape index (κ2) is 11.2. The Hall–Kier alpha value is -3.51. The number of carbonyl (C=O) groups is 3. The molecule has 1 aliphatic heterocycles. The van der Waals surface area contributed by atoms with Gasteiger partial charge >= 0.3 is 18.1 Å². The molecular weight excluding hydrogens is 437 g/mol. The van der Waals surface area contributed by atoms with Crippen molar-refractivity contribution in [1.29, 1.82) is 0 Å². The van der Waals surface area contributed by atoms with Gasteiger partial charge in [-0.3, -0.25) is 9.59 Å². The number of alkyl halides is 3. The number of nitrogens with two attached hydrogens (primary N) is 2. The quantitative estimate of drug-likeness (QED) is 0.351. The van der Waals surface area contributed by atoms with Crippen LogP contribution in [-0.4, -0.2) is 53.0 Å². The number of rotatable bonds is 7. The average Bonchev–Trinajstić information content (AvgIpc) is 2.67. The number of amides is 1. The molecular formula is C19H25F3N4O6. The summed E-state index contributed by atoms with van der Waals surface area (Å²) in [5, 5.41) is 16.1. The van der Waals surface area contributed by atoms with Crippen LogP contribution in [0.1, 0.15) is 32.3 Å². The third-order valence-electron chi connectivity index (χ3n) is 4.32. The molecule has 2 atom stereocenters. The maximum atomic E-state index is 12.6. The van der Waals surface area contributed by atoms with E-state index in [0.29, 0.717) is 25.1 Å². The summed E-state index contributed by atoms with van der Waals surface area (Å²) in [5.41, 5.74) is 12.5. The number of carbonyl (C=O) groups excluding carboxylic acids is 1. The highest BCUT2D eigenvalue weighted by Gasteiger charge is 2.38. The summed E-state index contributed by atoms with van der Waals surface area (Å²) in [7, 11) is 0. The Balaban J connectivity index is 0.000000633. The van der Waals surface area contributed by atoms with Gasteiger partial charge in [0, 0.05) is 19.0 Å². The third kappa shape index (κ3) is 7.63. The van der Waals surface area contributed by atoms with Crippen LogP contribution in [0.2, 0.25) is 0 Å². The van der Waals surface area contributed by atoms with E-state index in [9.17, 15) is 22.8 Å². The number of benzene rings is 1. The molecule has 0 saturated carbocycles. The summed E-state index contributed by atoms with van der Waals surface area (Å²) in [5.74, 6) is -3.94. The molecule has 0 aliphatic carbocycles. The number of halogens is 3. The molecule has 1 heterocycles. The van der Waals surface area contributed by atoms with Gasteiger partial charge in [-0.05, 0) is 25.0 Å². The molecule has 0 aromatic heterocycles. The molecule has 0 bridgehead atoms. The van der Waals surface area contributed by atoms with Crippen LogP contribution in [0.25, 0.3) is 0 Å². The van der Waals surface area contributed by atoms with Crippen molar-refractivity contribution in [2.75, 3.05) is 11.4 Å². The molecule has 1 aromatic rings. The zero-order valence-electron chi connectivity index (χ0n) is 17.4. The van der Waals surface area contributed by atoms with E-state index < -0.39 is 30.3 Å². The van der Waals surface area contributed by atoms with Crippen molar-refractivity contribution in [3.8, 4) is 5.75 Å². The highest BCUT2D eigenvalue weighted by atomic mass is 19.4. The molecule has 1 aromatic carbocycles. The average molecular weight is 462 g/mol. The maximum Gasteiger partial charge on any atom is 0.490 e. The molecule has 2 rings (SSSR count). The first-order valence-corrected chi connectivity index (χ1v) is 9.51. The van der Waals surface area contributed by atoms with Crippen LogP contribution in [0, 0.1) is 5.92 Å². The van der Waals surface area contributed by atoms with E-state index in [1.165, 1.54) is 0 Å². The monoisotopic (exact) mass is 462 g/mol. The largest absolute Gasteiger partial charge is 0.490 e. The van der Waals surface area contributed by atoms with E-state index in [1.54, 1.807) is 17.0 Å². The zero-order chi connectivity index (χ0) is 24.6. The van der Waals surface area contributed by atoms with E-state index in [-0.39, 0.29) is 18.3 Å². The van der Waals surface area contributed by atoms with Gasteiger partial charge in [-0.25, -0.2) is 9.79 Å². The van der Waals surface area contributed by atoms with Crippen LogP contribution in [0.3, 0.4) is 0 Å². The molecule has 0 saturated heterocycles. The smallest absolute Gasteiger partial charge is 0.481 e. The van der Waals surface area contributed by atoms with Gasteiger partial charge in [0.05, 0.1) is 18.0 Å². The lowest BCUT2D eigenvalue weighted by molar-refractivity contribution is -0.192. The first kappa shape index (κ1) is 26.5. The summed E-state index contributed by atoms with van der Waals surface area (Å²) >= 11 is 0. The predicted molar refractivity (Wildman–Crippen MR) is 108 cm³/mol. The van der Waals surface area contributed by atoms with Crippen molar-refractivity contribution in [3.05, 3.63) is 23.8 Å². The van der Waals surface area contributed by atoms with E-state index in [1.807, 2.05) is 19.9 Å². The van der Waals surface area contributed by atoms with Crippen LogP contribution in [-0.2, 0) is 20.8 Å². The molecule has 1 aliphatic rings. The fraction of sp³-hybridized carbons (Fsp3) is 0.474. The van der Waals surface area contributed by atoms with Crippen LogP contribution >= 0.6 is 0 Å². The fourth-order valence-electron chi connectivity index (χ4n) is 2.95. The van der Waals surface area contributed by atoms with Crippen LogP contribution < -0.4 is 21.1 Å². The lowest BCUT2D eigenvalue weighted by Gasteiger charge is -2.33. The second-order valence-corrected chi connectivity index (χ2v) is 6.71. The number of fused-ring (bicyclic) bond motifs is 1. The summed E-state index contributed by atoms with van der Waals surface area (Å²) in [6.45, 7) is 4.21. The number of hydrogen-bond donors (Lipinski definition) is 4. The van der Waals surface area contributed by atoms with E-state index in [2.05, 4.69) is 4.99 Å². The van der Waals surface area contributed by atoms with E-state index in [4.69, 9.17) is 31.2 Å². The van der Waals surface area contributed by atoms with Gasteiger partial charge in [-0.15, -0.1) is 0 Å². The number of carboxylic acids is 2. The number of carboxylic acid groups (broad SMARTS) is 2. The Bertz CT molecular complexity index is 871. The summed E-state index contributed by atoms with van der Waals surface area (Å²) in [4.78, 5) is 38.0. The molecule has 1 amide bonds. The van der Waals surface area contributed by atoms with Gasteiger partial charge < -0.3 is 31.3 Å². The molecule has 0 fully saturated rings. The minimum absolute atomic E-state index is 0.0494. The highest BCUT2D eigenvalue weighted by molar-refractivity contribution is 5.99. The molecule has 178 valence electrons. The minimum atomic E-state index is -5.08. The molecule has 0 radical (unpaired) electrons. The predicted octanol–water partition coefficient (Wildman–Crippen LogP) is 1.71.